The van der Waals surface area contributed by atoms with E-state index in [9.17, 15) is 14.4 Å². The van der Waals surface area contributed by atoms with Gasteiger partial charge in [-0.05, 0) is 61.2 Å². The molecule has 0 aliphatic heterocycles. The molecule has 0 aliphatic carbocycles. The third-order valence-electron chi connectivity index (χ3n) is 4.08. The summed E-state index contributed by atoms with van der Waals surface area (Å²) in [5.74, 6) is -1.06. The summed E-state index contributed by atoms with van der Waals surface area (Å²) >= 11 is 0. The summed E-state index contributed by atoms with van der Waals surface area (Å²) in [6.07, 6.45) is 3.16. The smallest absolute Gasteiger partial charge is 0.343 e. The van der Waals surface area contributed by atoms with Crippen LogP contribution in [0.5, 0.6) is 5.75 Å². The molecule has 0 amide bonds. The average Bonchev–Trinajstić information content (AvgIpc) is 2.76. The van der Waals surface area contributed by atoms with Crippen molar-refractivity contribution >= 4 is 17.9 Å². The maximum absolute atomic E-state index is 12.2. The van der Waals surface area contributed by atoms with Crippen molar-refractivity contribution in [2.75, 3.05) is 13.2 Å². The molecule has 0 bridgehead atoms. The Morgan fingerprint density at radius 1 is 0.828 bits per heavy atom. The fourth-order valence-corrected chi connectivity index (χ4v) is 2.39. The van der Waals surface area contributed by atoms with E-state index in [1.54, 1.807) is 24.3 Å². The summed E-state index contributed by atoms with van der Waals surface area (Å²) in [6.45, 7) is 5.82. The molecule has 0 unspecified atom stereocenters. The van der Waals surface area contributed by atoms with Gasteiger partial charge in [0.1, 0.15) is 5.75 Å². The van der Waals surface area contributed by atoms with E-state index < -0.39 is 17.9 Å². The quantitative estimate of drug-likeness (QED) is 0.260. The van der Waals surface area contributed by atoms with Crippen molar-refractivity contribution in [1.82, 2.24) is 0 Å². The molecular weight excluding hydrogens is 372 g/mol. The number of carbonyl (C=O) groups excluding carboxylic acids is 3. The molecule has 0 fully saturated rings. The molecule has 2 aromatic rings. The zero-order valence-corrected chi connectivity index (χ0v) is 16.4. The molecule has 2 aromatic carbocycles. The van der Waals surface area contributed by atoms with Crippen molar-refractivity contribution in [2.45, 2.75) is 26.2 Å². The zero-order chi connectivity index (χ0) is 21.1. The van der Waals surface area contributed by atoms with E-state index in [-0.39, 0.29) is 13.2 Å². The molecule has 29 heavy (non-hydrogen) atoms. The second-order valence-corrected chi connectivity index (χ2v) is 6.18. The number of unbranched alkanes of at least 4 members (excludes halogenated alkanes) is 1. The number of rotatable bonds is 10. The minimum absolute atomic E-state index is 0.217. The van der Waals surface area contributed by atoms with Gasteiger partial charge in [-0.15, -0.1) is 0 Å². The first-order valence-electron chi connectivity index (χ1n) is 9.41. The van der Waals surface area contributed by atoms with E-state index >= 15 is 0 Å². The molecule has 0 radical (unpaired) electrons. The van der Waals surface area contributed by atoms with Crippen molar-refractivity contribution in [3.63, 3.8) is 0 Å². The van der Waals surface area contributed by atoms with E-state index in [4.69, 9.17) is 14.2 Å². The van der Waals surface area contributed by atoms with Gasteiger partial charge in [0.2, 0.25) is 0 Å². The van der Waals surface area contributed by atoms with Crippen LogP contribution in [-0.4, -0.2) is 31.1 Å². The first-order chi connectivity index (χ1) is 14.0. The molecule has 0 heterocycles. The van der Waals surface area contributed by atoms with Crippen molar-refractivity contribution in [2.24, 2.45) is 0 Å². The highest BCUT2D eigenvalue weighted by atomic mass is 16.5. The highest BCUT2D eigenvalue weighted by molar-refractivity contribution is 5.92. The van der Waals surface area contributed by atoms with Crippen molar-refractivity contribution in [1.29, 1.82) is 0 Å². The Labute approximate surface area is 170 Å². The Morgan fingerprint density at radius 2 is 1.38 bits per heavy atom. The summed E-state index contributed by atoms with van der Waals surface area (Å²) in [7, 11) is 0. The van der Waals surface area contributed by atoms with Gasteiger partial charge in [0.05, 0.1) is 24.3 Å². The largest absolute Gasteiger partial charge is 0.463 e. The Balaban J connectivity index is 1.76. The first kappa shape index (κ1) is 21.9. The lowest BCUT2D eigenvalue weighted by Gasteiger charge is -2.07. The van der Waals surface area contributed by atoms with Gasteiger partial charge in [0.25, 0.3) is 0 Å². The number of hydrogen-bond donors (Lipinski definition) is 0. The molecule has 2 rings (SSSR count). The lowest BCUT2D eigenvalue weighted by molar-refractivity contribution is -0.137. The predicted octanol–water partition coefficient (Wildman–Crippen LogP) is 4.13. The van der Waals surface area contributed by atoms with Gasteiger partial charge in [-0.2, -0.15) is 0 Å². The van der Waals surface area contributed by atoms with Crippen molar-refractivity contribution in [3.05, 3.63) is 77.9 Å². The maximum atomic E-state index is 12.2. The maximum Gasteiger partial charge on any atom is 0.343 e. The van der Waals surface area contributed by atoms with Gasteiger partial charge in [-0.1, -0.05) is 25.6 Å². The molecule has 6 nitrogen and oxygen atoms in total. The van der Waals surface area contributed by atoms with Crippen LogP contribution in [0, 0.1) is 0 Å². The number of aryl methyl sites for hydroxylation is 1. The molecule has 6 heteroatoms. The standard InChI is InChI=1S/C23H24O6/c1-3-17-7-9-19(10-8-17)23(26)29-20-13-11-18(12-14-20)22(25)28-16-6-5-15-27-21(24)4-2/h4,7-14H,2-3,5-6,15-16H2,1H3. The second kappa shape index (κ2) is 11.4. The number of hydrogen-bond acceptors (Lipinski definition) is 6. The van der Waals surface area contributed by atoms with Gasteiger partial charge in [0, 0.05) is 6.08 Å². The van der Waals surface area contributed by atoms with E-state index in [1.807, 2.05) is 19.1 Å². The van der Waals surface area contributed by atoms with Gasteiger partial charge in [-0.25, -0.2) is 14.4 Å². The Morgan fingerprint density at radius 3 is 1.97 bits per heavy atom. The van der Waals surface area contributed by atoms with Crippen LogP contribution in [0.25, 0.3) is 0 Å². The SMILES string of the molecule is C=CC(=O)OCCCCOC(=O)c1ccc(OC(=O)c2ccc(CC)cc2)cc1. The number of esters is 3. The molecular formula is C23H24O6. The van der Waals surface area contributed by atoms with Crippen LogP contribution in [0.4, 0.5) is 0 Å². The Hall–Kier alpha value is -3.41. The highest BCUT2D eigenvalue weighted by Crippen LogP contribution is 2.16. The molecule has 152 valence electrons. The van der Waals surface area contributed by atoms with Crippen LogP contribution < -0.4 is 4.74 Å². The van der Waals surface area contributed by atoms with Crippen LogP contribution in [0.3, 0.4) is 0 Å². The van der Waals surface area contributed by atoms with Crippen molar-refractivity contribution in [3.8, 4) is 5.75 Å². The van der Waals surface area contributed by atoms with Gasteiger partial charge in [0.15, 0.2) is 0 Å². The minimum atomic E-state index is -0.472. The van der Waals surface area contributed by atoms with Crippen LogP contribution >= 0.6 is 0 Å². The fourth-order valence-electron chi connectivity index (χ4n) is 2.39. The number of ether oxygens (including phenoxy) is 3. The zero-order valence-electron chi connectivity index (χ0n) is 16.4. The topological polar surface area (TPSA) is 78.9 Å². The third kappa shape index (κ3) is 7.25. The van der Waals surface area contributed by atoms with Crippen LogP contribution in [-0.2, 0) is 20.7 Å². The Bertz CT molecular complexity index is 837. The van der Waals surface area contributed by atoms with Crippen LogP contribution in [0.2, 0.25) is 0 Å². The van der Waals surface area contributed by atoms with E-state index in [0.717, 1.165) is 18.1 Å². The van der Waals surface area contributed by atoms with E-state index in [1.165, 1.54) is 12.1 Å². The Kier molecular flexibility index (Phi) is 8.63. The first-order valence-corrected chi connectivity index (χ1v) is 9.41. The molecule has 0 spiro atoms. The second-order valence-electron chi connectivity index (χ2n) is 6.18. The minimum Gasteiger partial charge on any atom is -0.463 e. The summed E-state index contributed by atoms with van der Waals surface area (Å²) in [6, 6.07) is 13.4. The van der Waals surface area contributed by atoms with Crippen molar-refractivity contribution < 1.29 is 28.6 Å². The molecule has 0 atom stereocenters. The van der Waals surface area contributed by atoms with E-state index in [0.29, 0.717) is 29.7 Å². The van der Waals surface area contributed by atoms with Crippen LogP contribution in [0.15, 0.2) is 61.2 Å². The number of carbonyl (C=O) groups is 3. The van der Waals surface area contributed by atoms with E-state index in [2.05, 4.69) is 6.58 Å². The normalized spacial score (nSPS) is 10.1. The summed E-state index contributed by atoms with van der Waals surface area (Å²) in [5.41, 5.74) is 1.96. The van der Waals surface area contributed by atoms with Gasteiger partial charge in [-0.3, -0.25) is 0 Å². The molecule has 0 aromatic heterocycles. The predicted molar refractivity (Wildman–Crippen MR) is 108 cm³/mol. The summed E-state index contributed by atoms with van der Waals surface area (Å²) < 4.78 is 15.3. The van der Waals surface area contributed by atoms with Crippen LogP contribution in [0.1, 0.15) is 46.0 Å². The summed E-state index contributed by atoms with van der Waals surface area (Å²) in [4.78, 5) is 35.1. The molecule has 0 saturated carbocycles. The van der Waals surface area contributed by atoms with Gasteiger partial charge >= 0.3 is 17.9 Å². The third-order valence-corrected chi connectivity index (χ3v) is 4.08. The molecule has 0 N–H and O–H groups in total. The van der Waals surface area contributed by atoms with Gasteiger partial charge < -0.3 is 14.2 Å². The molecule has 0 aliphatic rings. The average molecular weight is 396 g/mol. The fraction of sp³-hybridized carbons (Fsp3) is 0.261. The summed E-state index contributed by atoms with van der Waals surface area (Å²) in [5, 5.41) is 0. The monoisotopic (exact) mass is 396 g/mol. The highest BCUT2D eigenvalue weighted by Gasteiger charge is 2.11. The lowest BCUT2D eigenvalue weighted by Crippen LogP contribution is -2.10. The number of benzene rings is 2. The molecule has 0 saturated heterocycles. The lowest BCUT2D eigenvalue weighted by atomic mass is 10.1.